The second-order valence-electron chi connectivity index (χ2n) is 2.14. The summed E-state index contributed by atoms with van der Waals surface area (Å²) in [4.78, 5) is 3.13. The van der Waals surface area contributed by atoms with Crippen LogP contribution in [0.15, 0.2) is 17.2 Å². The highest BCUT2D eigenvalue weighted by molar-refractivity contribution is 7.86. The van der Waals surface area contributed by atoms with Gasteiger partial charge in [0.15, 0.2) is 4.90 Å². The summed E-state index contributed by atoms with van der Waals surface area (Å²) < 4.78 is 34.8. The summed E-state index contributed by atoms with van der Waals surface area (Å²) in [7, 11) is -3.10. The van der Waals surface area contributed by atoms with Crippen molar-refractivity contribution >= 4 is 21.7 Å². The van der Waals surface area contributed by atoms with E-state index >= 15 is 0 Å². The number of nitrogens with zero attached hydrogens (tertiary/aromatic N) is 1. The number of hydrogen-bond donors (Lipinski definition) is 1. The average molecular weight is 224 g/mol. The predicted octanol–water partition coefficient (Wildman–Crippen LogP) is 0.990. The molecule has 0 fully saturated rings. The van der Waals surface area contributed by atoms with Gasteiger partial charge in [0.05, 0.1) is 12.1 Å². The van der Waals surface area contributed by atoms with Crippen LogP contribution < -0.4 is 4.74 Å². The molecule has 7 heteroatoms. The van der Waals surface area contributed by atoms with Crippen LogP contribution in [0.1, 0.15) is 0 Å². The minimum atomic E-state index is -4.34. The molecule has 0 atom stereocenters. The van der Waals surface area contributed by atoms with Crippen molar-refractivity contribution in [3.63, 3.8) is 0 Å². The van der Waals surface area contributed by atoms with Gasteiger partial charge in [-0.25, -0.2) is 4.98 Å². The zero-order valence-corrected chi connectivity index (χ0v) is 8.13. The molecule has 0 saturated heterocycles. The molecule has 0 aliphatic rings. The number of halogens is 1. The monoisotopic (exact) mass is 223 g/mol. The Labute approximate surface area is 80.1 Å². The topological polar surface area (TPSA) is 76.5 Å². The molecule has 0 amide bonds. The van der Waals surface area contributed by atoms with Gasteiger partial charge in [-0.3, -0.25) is 4.55 Å². The molecule has 72 valence electrons. The molecule has 0 aliphatic heterocycles. The van der Waals surface area contributed by atoms with Crippen LogP contribution in [-0.2, 0) is 10.1 Å². The number of hydrogen-bond acceptors (Lipinski definition) is 4. The predicted molar refractivity (Wildman–Crippen MR) is 45.6 cm³/mol. The van der Waals surface area contributed by atoms with Crippen molar-refractivity contribution in [2.24, 2.45) is 0 Å². The molecule has 5 nitrogen and oxygen atoms in total. The van der Waals surface area contributed by atoms with E-state index in [9.17, 15) is 8.42 Å². The second-order valence-corrected chi connectivity index (χ2v) is 3.96. The Balaban J connectivity index is 3.41. The minimum Gasteiger partial charge on any atom is -0.480 e. The SMILES string of the molecule is COc1ncc(Cl)cc1S(=O)(=O)O. The lowest BCUT2D eigenvalue weighted by Gasteiger charge is -2.03. The Hall–Kier alpha value is -0.850. The van der Waals surface area contributed by atoms with E-state index < -0.39 is 15.0 Å². The second kappa shape index (κ2) is 3.49. The molecular weight excluding hydrogens is 218 g/mol. The van der Waals surface area contributed by atoms with Crippen molar-refractivity contribution < 1.29 is 17.7 Å². The summed E-state index contributed by atoms with van der Waals surface area (Å²) in [6, 6.07) is 1.06. The molecule has 0 unspecified atom stereocenters. The lowest BCUT2D eigenvalue weighted by molar-refractivity contribution is 0.380. The van der Waals surface area contributed by atoms with Gasteiger partial charge >= 0.3 is 0 Å². The van der Waals surface area contributed by atoms with Crippen LogP contribution in [0, 0.1) is 0 Å². The third-order valence-corrected chi connectivity index (χ3v) is 2.31. The Bertz CT molecular complexity index is 417. The van der Waals surface area contributed by atoms with Crippen LogP contribution in [0.25, 0.3) is 0 Å². The van der Waals surface area contributed by atoms with Crippen LogP contribution in [0.5, 0.6) is 5.88 Å². The van der Waals surface area contributed by atoms with E-state index in [2.05, 4.69) is 9.72 Å². The molecule has 0 spiro atoms. The molecular formula is C6H6ClNO4S. The first-order valence-electron chi connectivity index (χ1n) is 3.12. The van der Waals surface area contributed by atoms with E-state index in [0.717, 1.165) is 6.07 Å². The molecule has 0 aromatic carbocycles. The molecule has 0 saturated carbocycles. The highest BCUT2D eigenvalue weighted by Gasteiger charge is 2.17. The van der Waals surface area contributed by atoms with Crippen molar-refractivity contribution in [2.75, 3.05) is 7.11 Å². The number of methoxy groups -OCH3 is 1. The molecule has 0 bridgehead atoms. The highest BCUT2D eigenvalue weighted by atomic mass is 35.5. The zero-order chi connectivity index (χ0) is 10.1. The summed E-state index contributed by atoms with van der Waals surface area (Å²) in [5.74, 6) is -0.188. The van der Waals surface area contributed by atoms with Gasteiger partial charge in [-0.2, -0.15) is 8.42 Å². The van der Waals surface area contributed by atoms with Crippen LogP contribution in [0.3, 0.4) is 0 Å². The van der Waals surface area contributed by atoms with Gasteiger partial charge < -0.3 is 4.74 Å². The molecule has 1 aromatic rings. The van der Waals surface area contributed by atoms with Crippen molar-refractivity contribution in [3.8, 4) is 5.88 Å². The van der Waals surface area contributed by atoms with Crippen LogP contribution in [0.4, 0.5) is 0 Å². The smallest absolute Gasteiger partial charge is 0.299 e. The van der Waals surface area contributed by atoms with E-state index in [0.29, 0.717) is 0 Å². The van der Waals surface area contributed by atoms with E-state index in [4.69, 9.17) is 16.2 Å². The Morgan fingerprint density at radius 2 is 2.23 bits per heavy atom. The van der Waals surface area contributed by atoms with Crippen LogP contribution in [-0.4, -0.2) is 25.1 Å². The minimum absolute atomic E-state index is 0.105. The Morgan fingerprint density at radius 1 is 1.62 bits per heavy atom. The molecule has 1 N–H and O–H groups in total. The summed E-state index contributed by atoms with van der Waals surface area (Å²) in [5, 5.41) is 0.105. The quantitative estimate of drug-likeness (QED) is 0.757. The third kappa shape index (κ3) is 2.30. The van der Waals surface area contributed by atoms with Crippen molar-refractivity contribution in [1.29, 1.82) is 0 Å². The summed E-state index contributed by atoms with van der Waals surface area (Å²) in [5.41, 5.74) is 0. The normalized spacial score (nSPS) is 11.3. The lowest BCUT2D eigenvalue weighted by Crippen LogP contribution is -2.02. The van der Waals surface area contributed by atoms with E-state index in [1.165, 1.54) is 13.3 Å². The number of rotatable bonds is 2. The Kier molecular flexibility index (Phi) is 2.74. The van der Waals surface area contributed by atoms with Crippen molar-refractivity contribution in [2.45, 2.75) is 4.90 Å². The summed E-state index contributed by atoms with van der Waals surface area (Å²) in [6.07, 6.45) is 1.22. The summed E-state index contributed by atoms with van der Waals surface area (Å²) >= 11 is 5.49. The van der Waals surface area contributed by atoms with Crippen LogP contribution >= 0.6 is 11.6 Å². The van der Waals surface area contributed by atoms with Gasteiger partial charge in [0.2, 0.25) is 5.88 Å². The van der Waals surface area contributed by atoms with Crippen molar-refractivity contribution in [1.82, 2.24) is 4.98 Å². The fourth-order valence-electron chi connectivity index (χ4n) is 0.746. The maximum Gasteiger partial charge on any atom is 0.299 e. The molecule has 0 radical (unpaired) electrons. The number of ether oxygens (including phenoxy) is 1. The van der Waals surface area contributed by atoms with Gasteiger partial charge in [0.1, 0.15) is 0 Å². The van der Waals surface area contributed by atoms with Crippen LogP contribution in [0.2, 0.25) is 5.02 Å². The first-order valence-corrected chi connectivity index (χ1v) is 4.94. The number of pyridine rings is 1. The van der Waals surface area contributed by atoms with E-state index in [1.807, 2.05) is 0 Å². The molecule has 1 heterocycles. The standard InChI is InChI=1S/C6H6ClNO4S/c1-12-6-5(13(9,10)11)2-4(7)3-8-6/h2-3H,1H3,(H,9,10,11). The van der Waals surface area contributed by atoms with E-state index in [-0.39, 0.29) is 10.9 Å². The lowest BCUT2D eigenvalue weighted by atomic mass is 10.5. The maximum absolute atomic E-state index is 10.7. The summed E-state index contributed by atoms with van der Waals surface area (Å²) in [6.45, 7) is 0. The van der Waals surface area contributed by atoms with Gasteiger partial charge in [-0.15, -0.1) is 0 Å². The Morgan fingerprint density at radius 3 is 2.69 bits per heavy atom. The van der Waals surface area contributed by atoms with Crippen molar-refractivity contribution in [3.05, 3.63) is 17.3 Å². The third-order valence-electron chi connectivity index (χ3n) is 1.26. The van der Waals surface area contributed by atoms with Gasteiger partial charge in [-0.1, -0.05) is 11.6 Å². The molecule has 0 aliphatic carbocycles. The first-order chi connectivity index (χ1) is 5.95. The number of aromatic nitrogens is 1. The fraction of sp³-hybridized carbons (Fsp3) is 0.167. The average Bonchev–Trinajstić information content (AvgIpc) is 2.03. The first kappa shape index (κ1) is 10.2. The molecule has 1 aromatic heterocycles. The highest BCUT2D eigenvalue weighted by Crippen LogP contribution is 2.23. The largest absolute Gasteiger partial charge is 0.480 e. The van der Waals surface area contributed by atoms with Gasteiger partial charge in [0, 0.05) is 6.20 Å². The van der Waals surface area contributed by atoms with Gasteiger partial charge in [-0.05, 0) is 6.07 Å². The van der Waals surface area contributed by atoms with Gasteiger partial charge in [0.25, 0.3) is 10.1 Å². The maximum atomic E-state index is 10.7. The van der Waals surface area contributed by atoms with E-state index in [1.54, 1.807) is 0 Å². The molecule has 1 rings (SSSR count). The molecule has 13 heavy (non-hydrogen) atoms. The zero-order valence-electron chi connectivity index (χ0n) is 6.56. The fourth-order valence-corrected chi connectivity index (χ4v) is 1.60.